The highest BCUT2D eigenvalue weighted by molar-refractivity contribution is 6.30. The zero-order valence-corrected chi connectivity index (χ0v) is 15.2. The molecule has 2 aromatic carbocycles. The number of anilines is 1. The van der Waals surface area contributed by atoms with Crippen LogP contribution in [0.2, 0.25) is 5.02 Å². The molecule has 27 heavy (non-hydrogen) atoms. The molecule has 0 radical (unpaired) electrons. The van der Waals surface area contributed by atoms with Crippen molar-refractivity contribution in [1.29, 1.82) is 0 Å². The first-order chi connectivity index (χ1) is 13.1. The fourth-order valence-electron chi connectivity index (χ4n) is 2.48. The molecule has 0 spiro atoms. The molecule has 138 valence electrons. The van der Waals surface area contributed by atoms with Gasteiger partial charge in [-0.1, -0.05) is 41.9 Å². The third kappa shape index (κ3) is 5.49. The van der Waals surface area contributed by atoms with Gasteiger partial charge in [-0.15, -0.1) is 0 Å². The first-order valence-electron chi connectivity index (χ1n) is 8.44. The molecule has 0 unspecified atom stereocenters. The molecule has 3 aromatic rings. The predicted octanol–water partition coefficient (Wildman–Crippen LogP) is 3.85. The van der Waals surface area contributed by atoms with E-state index in [1.165, 1.54) is 12.4 Å². The van der Waals surface area contributed by atoms with E-state index in [4.69, 9.17) is 11.6 Å². The van der Waals surface area contributed by atoms with Crippen LogP contribution in [0.1, 0.15) is 21.6 Å². The van der Waals surface area contributed by atoms with Crippen molar-refractivity contribution in [2.75, 3.05) is 11.9 Å². The summed E-state index contributed by atoms with van der Waals surface area (Å²) in [6.07, 6.45) is 1.74. The lowest BCUT2D eigenvalue weighted by atomic mass is 10.1. The van der Waals surface area contributed by atoms with Crippen LogP contribution in [-0.2, 0) is 13.0 Å². The van der Waals surface area contributed by atoms with Crippen molar-refractivity contribution in [2.24, 2.45) is 0 Å². The third-order valence-corrected chi connectivity index (χ3v) is 4.18. The van der Waals surface area contributed by atoms with Gasteiger partial charge in [-0.05, 0) is 35.7 Å². The summed E-state index contributed by atoms with van der Waals surface area (Å²) in [6, 6.07) is 15.5. The maximum Gasteiger partial charge on any atom is 0.270 e. The number of carbonyl (C=O) groups excluding carboxylic acids is 1. The molecule has 0 aliphatic carbocycles. The van der Waals surface area contributed by atoms with Crippen molar-refractivity contribution in [3.05, 3.63) is 88.6 Å². The number of nitrogens with one attached hydrogen (secondary N) is 2. The smallest absolute Gasteiger partial charge is 0.270 e. The summed E-state index contributed by atoms with van der Waals surface area (Å²) in [5.41, 5.74) is 1.84. The maximum absolute atomic E-state index is 13.6. The minimum Gasteiger partial charge on any atom is -0.366 e. The van der Waals surface area contributed by atoms with Crippen LogP contribution in [0.5, 0.6) is 0 Å². The Balaban J connectivity index is 1.53. The fourth-order valence-corrected chi connectivity index (χ4v) is 2.60. The molecule has 3 rings (SSSR count). The number of aromatic nitrogens is 2. The van der Waals surface area contributed by atoms with E-state index in [0.29, 0.717) is 35.9 Å². The van der Waals surface area contributed by atoms with E-state index in [1.807, 2.05) is 24.3 Å². The molecular formula is C20H18ClFN4O. The molecule has 1 aromatic heterocycles. The van der Waals surface area contributed by atoms with E-state index in [0.717, 1.165) is 5.56 Å². The van der Waals surface area contributed by atoms with E-state index in [9.17, 15) is 9.18 Å². The molecule has 7 heteroatoms. The number of hydrogen-bond acceptors (Lipinski definition) is 4. The van der Waals surface area contributed by atoms with Gasteiger partial charge in [-0.25, -0.2) is 14.4 Å². The minimum atomic E-state index is -0.330. The van der Waals surface area contributed by atoms with Gasteiger partial charge in [0.15, 0.2) is 0 Å². The van der Waals surface area contributed by atoms with Crippen LogP contribution in [0.3, 0.4) is 0 Å². The molecule has 5 nitrogen and oxygen atoms in total. The second-order valence-corrected chi connectivity index (χ2v) is 6.30. The molecule has 0 bridgehead atoms. The number of benzene rings is 2. The summed E-state index contributed by atoms with van der Waals surface area (Å²) in [6.45, 7) is 0.861. The molecule has 2 N–H and O–H groups in total. The van der Waals surface area contributed by atoms with Crippen LogP contribution in [0.25, 0.3) is 0 Å². The normalized spacial score (nSPS) is 10.4. The maximum atomic E-state index is 13.6. The number of halogens is 2. The van der Waals surface area contributed by atoms with Gasteiger partial charge >= 0.3 is 0 Å². The Morgan fingerprint density at radius 3 is 2.63 bits per heavy atom. The molecule has 1 amide bonds. The van der Waals surface area contributed by atoms with Crippen molar-refractivity contribution in [3.8, 4) is 0 Å². The van der Waals surface area contributed by atoms with Gasteiger partial charge < -0.3 is 10.6 Å². The number of rotatable bonds is 7. The van der Waals surface area contributed by atoms with Gasteiger partial charge in [0.05, 0.1) is 0 Å². The van der Waals surface area contributed by atoms with Crippen LogP contribution >= 0.6 is 11.6 Å². The van der Waals surface area contributed by atoms with E-state index >= 15 is 0 Å². The van der Waals surface area contributed by atoms with Gasteiger partial charge in [0.1, 0.15) is 23.7 Å². The quantitative estimate of drug-likeness (QED) is 0.649. The summed E-state index contributed by atoms with van der Waals surface area (Å²) in [5.74, 6) is -0.0649. The van der Waals surface area contributed by atoms with Crippen molar-refractivity contribution < 1.29 is 9.18 Å². The summed E-state index contributed by atoms with van der Waals surface area (Å²) < 4.78 is 13.6. The minimum absolute atomic E-state index is 0.247. The molecular weight excluding hydrogens is 367 g/mol. The predicted molar refractivity (Wildman–Crippen MR) is 103 cm³/mol. The summed E-state index contributed by atoms with van der Waals surface area (Å²) in [4.78, 5) is 20.4. The number of carbonyl (C=O) groups is 1. The second kappa shape index (κ2) is 9.09. The highest BCUT2D eigenvalue weighted by Gasteiger charge is 2.09. The van der Waals surface area contributed by atoms with Crippen LogP contribution in [-0.4, -0.2) is 22.4 Å². The molecule has 0 aliphatic heterocycles. The molecule has 1 heterocycles. The van der Waals surface area contributed by atoms with Crippen LogP contribution in [0.15, 0.2) is 60.9 Å². The monoisotopic (exact) mass is 384 g/mol. The first-order valence-corrected chi connectivity index (χ1v) is 8.81. The van der Waals surface area contributed by atoms with Gasteiger partial charge in [0, 0.05) is 24.2 Å². The van der Waals surface area contributed by atoms with Gasteiger partial charge in [-0.2, -0.15) is 0 Å². The largest absolute Gasteiger partial charge is 0.366 e. The molecule has 0 atom stereocenters. The molecule has 0 saturated heterocycles. The highest BCUT2D eigenvalue weighted by Crippen LogP contribution is 2.12. The first kappa shape index (κ1) is 18.8. The van der Waals surface area contributed by atoms with E-state index in [2.05, 4.69) is 20.6 Å². The lowest BCUT2D eigenvalue weighted by molar-refractivity contribution is 0.0949. The topological polar surface area (TPSA) is 66.9 Å². The van der Waals surface area contributed by atoms with E-state index in [1.54, 1.807) is 24.3 Å². The standard InChI is InChI=1S/C20H18ClFN4O/c21-16-7-5-14(6-8-16)12-24-19-11-18(25-13-26-19)20(27)23-10-9-15-3-1-2-4-17(15)22/h1-8,11,13H,9-10,12H2,(H,23,27)(H,24,25,26). The Morgan fingerprint density at radius 1 is 1.07 bits per heavy atom. The summed E-state index contributed by atoms with van der Waals surface area (Å²) in [7, 11) is 0. The average molecular weight is 385 g/mol. The molecule has 0 saturated carbocycles. The number of hydrogen-bond donors (Lipinski definition) is 2. The fraction of sp³-hybridized carbons (Fsp3) is 0.150. The Labute approximate surface area is 161 Å². The highest BCUT2D eigenvalue weighted by atomic mass is 35.5. The van der Waals surface area contributed by atoms with Gasteiger partial charge in [0.25, 0.3) is 5.91 Å². The Kier molecular flexibility index (Phi) is 6.33. The van der Waals surface area contributed by atoms with Crippen LogP contribution in [0, 0.1) is 5.82 Å². The average Bonchev–Trinajstić information content (AvgIpc) is 2.69. The zero-order valence-electron chi connectivity index (χ0n) is 14.5. The lowest BCUT2D eigenvalue weighted by Gasteiger charge is -2.08. The number of amides is 1. The second-order valence-electron chi connectivity index (χ2n) is 5.87. The zero-order chi connectivity index (χ0) is 19.1. The van der Waals surface area contributed by atoms with E-state index in [-0.39, 0.29) is 17.4 Å². The van der Waals surface area contributed by atoms with Crippen molar-refractivity contribution in [3.63, 3.8) is 0 Å². The molecule has 0 fully saturated rings. The van der Waals surface area contributed by atoms with Gasteiger partial charge in [0.2, 0.25) is 0 Å². The van der Waals surface area contributed by atoms with Gasteiger partial charge in [-0.3, -0.25) is 4.79 Å². The van der Waals surface area contributed by atoms with Crippen LogP contribution < -0.4 is 10.6 Å². The Morgan fingerprint density at radius 2 is 1.85 bits per heavy atom. The van der Waals surface area contributed by atoms with Crippen molar-refractivity contribution in [2.45, 2.75) is 13.0 Å². The summed E-state index contributed by atoms with van der Waals surface area (Å²) in [5, 5.41) is 6.56. The Hall–Kier alpha value is -2.99. The lowest BCUT2D eigenvalue weighted by Crippen LogP contribution is -2.27. The SMILES string of the molecule is O=C(NCCc1ccccc1F)c1cc(NCc2ccc(Cl)cc2)ncn1. The molecule has 0 aliphatic rings. The Bertz CT molecular complexity index is 918. The van der Waals surface area contributed by atoms with Crippen LogP contribution in [0.4, 0.5) is 10.2 Å². The van der Waals surface area contributed by atoms with E-state index < -0.39 is 0 Å². The third-order valence-electron chi connectivity index (χ3n) is 3.92. The van der Waals surface area contributed by atoms with Crippen molar-refractivity contribution >= 4 is 23.3 Å². The number of nitrogens with zero attached hydrogens (tertiary/aromatic N) is 2. The summed E-state index contributed by atoms with van der Waals surface area (Å²) >= 11 is 5.87. The van der Waals surface area contributed by atoms with Crippen molar-refractivity contribution in [1.82, 2.24) is 15.3 Å².